The summed E-state index contributed by atoms with van der Waals surface area (Å²) in [5.74, 6) is 1.63. The predicted molar refractivity (Wildman–Crippen MR) is 236 cm³/mol. The SMILES string of the molecule is c1ccc(-c2ccccc2-c2cnc3c(c2)C2(c4ccccc4Sc4c2ccc2c4Oc4ccccc4N2c2ccc4oc5ccccc5c4c2)c2cccnc2-3)cc1. The van der Waals surface area contributed by atoms with Gasteiger partial charge < -0.3 is 14.1 Å². The fourth-order valence-corrected chi connectivity index (χ4v) is 11.0. The van der Waals surface area contributed by atoms with Crippen LogP contribution in [0.2, 0.25) is 0 Å². The number of hydrogen-bond acceptors (Lipinski definition) is 6. The number of anilines is 3. The maximum Gasteiger partial charge on any atom is 0.165 e. The molecule has 59 heavy (non-hydrogen) atoms. The van der Waals surface area contributed by atoms with Crippen molar-refractivity contribution in [3.63, 3.8) is 0 Å². The Morgan fingerprint density at radius 1 is 0.508 bits per heavy atom. The van der Waals surface area contributed by atoms with E-state index in [1.165, 1.54) is 21.6 Å². The lowest BCUT2D eigenvalue weighted by Gasteiger charge is -2.42. The van der Waals surface area contributed by atoms with Crippen molar-refractivity contribution in [2.45, 2.75) is 15.2 Å². The number of furan rings is 1. The van der Waals surface area contributed by atoms with Gasteiger partial charge in [-0.2, -0.15) is 0 Å². The molecule has 5 nitrogen and oxygen atoms in total. The molecule has 3 aromatic heterocycles. The molecule has 5 heterocycles. The second kappa shape index (κ2) is 12.3. The Morgan fingerprint density at radius 2 is 1.25 bits per heavy atom. The Balaban J connectivity index is 1.07. The van der Waals surface area contributed by atoms with Crippen molar-refractivity contribution < 1.29 is 9.15 Å². The van der Waals surface area contributed by atoms with Crippen LogP contribution in [-0.2, 0) is 5.41 Å². The second-order valence-electron chi connectivity index (χ2n) is 15.3. The van der Waals surface area contributed by atoms with Crippen LogP contribution in [0.15, 0.2) is 203 Å². The van der Waals surface area contributed by atoms with Gasteiger partial charge >= 0.3 is 0 Å². The smallest absolute Gasteiger partial charge is 0.165 e. The van der Waals surface area contributed by atoms with Crippen molar-refractivity contribution >= 4 is 50.8 Å². The summed E-state index contributed by atoms with van der Waals surface area (Å²) < 4.78 is 13.4. The van der Waals surface area contributed by atoms with E-state index in [9.17, 15) is 0 Å². The molecule has 2 aliphatic heterocycles. The highest BCUT2D eigenvalue weighted by Gasteiger charge is 2.53. The molecule has 1 unspecified atom stereocenters. The van der Waals surface area contributed by atoms with Crippen molar-refractivity contribution in [2.24, 2.45) is 0 Å². The van der Waals surface area contributed by atoms with Crippen LogP contribution in [0.3, 0.4) is 0 Å². The minimum Gasteiger partial charge on any atom is -0.456 e. The summed E-state index contributed by atoms with van der Waals surface area (Å²) in [6.07, 6.45) is 3.91. The van der Waals surface area contributed by atoms with E-state index < -0.39 is 5.41 Å². The Morgan fingerprint density at radius 3 is 2.19 bits per heavy atom. The molecule has 0 saturated heterocycles. The first kappa shape index (κ1) is 32.7. The Hall–Kier alpha value is -7.41. The van der Waals surface area contributed by atoms with E-state index in [2.05, 4.69) is 163 Å². The average Bonchev–Trinajstić information content (AvgIpc) is 3.82. The topological polar surface area (TPSA) is 51.4 Å². The summed E-state index contributed by atoms with van der Waals surface area (Å²) in [6.45, 7) is 0. The second-order valence-corrected chi connectivity index (χ2v) is 16.3. The van der Waals surface area contributed by atoms with Crippen molar-refractivity contribution in [2.75, 3.05) is 4.90 Å². The van der Waals surface area contributed by atoms with Crippen LogP contribution in [0.25, 0.3) is 55.6 Å². The lowest BCUT2D eigenvalue weighted by molar-refractivity contribution is 0.461. The Bertz CT molecular complexity index is 3380. The van der Waals surface area contributed by atoms with Crippen molar-refractivity contribution in [3.8, 4) is 45.1 Å². The fraction of sp³-hybridized carbons (Fsp3) is 0.0189. The molecule has 276 valence electrons. The summed E-state index contributed by atoms with van der Waals surface area (Å²) in [5.41, 5.74) is 15.0. The molecule has 0 amide bonds. The number of para-hydroxylation sites is 3. The van der Waals surface area contributed by atoms with Gasteiger partial charge in [-0.3, -0.25) is 9.97 Å². The van der Waals surface area contributed by atoms with Crippen LogP contribution in [0.1, 0.15) is 22.3 Å². The van der Waals surface area contributed by atoms with Gasteiger partial charge in [-0.1, -0.05) is 127 Å². The monoisotopic (exact) mass is 773 g/mol. The van der Waals surface area contributed by atoms with Crippen LogP contribution >= 0.6 is 11.8 Å². The summed E-state index contributed by atoms with van der Waals surface area (Å²) in [7, 11) is 0. The third-order valence-corrected chi connectivity index (χ3v) is 13.4. The van der Waals surface area contributed by atoms with Gasteiger partial charge in [0.15, 0.2) is 11.5 Å². The quantitative estimate of drug-likeness (QED) is 0.178. The van der Waals surface area contributed by atoms with E-state index in [1.807, 2.05) is 30.6 Å². The Labute approximate surface area is 344 Å². The summed E-state index contributed by atoms with van der Waals surface area (Å²) in [4.78, 5) is 14.9. The van der Waals surface area contributed by atoms with Crippen molar-refractivity contribution in [1.29, 1.82) is 0 Å². The van der Waals surface area contributed by atoms with Gasteiger partial charge in [0.25, 0.3) is 0 Å². The average molecular weight is 774 g/mol. The van der Waals surface area contributed by atoms with Crippen LogP contribution in [0.5, 0.6) is 11.5 Å². The van der Waals surface area contributed by atoms with Crippen LogP contribution in [0.4, 0.5) is 17.1 Å². The highest BCUT2D eigenvalue weighted by molar-refractivity contribution is 7.99. The lowest BCUT2D eigenvalue weighted by atomic mass is 9.67. The summed E-state index contributed by atoms with van der Waals surface area (Å²) >= 11 is 1.78. The van der Waals surface area contributed by atoms with Crippen LogP contribution < -0.4 is 9.64 Å². The Kier molecular flexibility index (Phi) is 6.80. The van der Waals surface area contributed by atoms with Crippen LogP contribution in [0, 0.1) is 0 Å². The molecule has 6 heteroatoms. The third kappa shape index (κ3) is 4.52. The standard InChI is InChI=1S/C53H31N3O2S/c1-2-13-32(14-3-1)35-15-4-5-16-36(35)33-29-42-50(55-31-33)49-40(19-12-28-54-49)53(42)39-18-7-11-23-48(39)59-52-41(53)25-26-44-51(52)58-47-22-10-8-20-43(47)56(44)34-24-27-46-38(30-34)37-17-6-9-21-45(37)57-46/h1-31H. The molecule has 0 N–H and O–H groups in total. The molecular weight excluding hydrogens is 743 g/mol. The van der Waals surface area contributed by atoms with E-state index in [0.29, 0.717) is 0 Å². The van der Waals surface area contributed by atoms with E-state index in [0.717, 1.165) is 94.6 Å². The first-order chi connectivity index (χ1) is 29.3. The zero-order valence-corrected chi connectivity index (χ0v) is 32.3. The van der Waals surface area contributed by atoms with Gasteiger partial charge in [0.2, 0.25) is 0 Å². The molecular formula is C53H31N3O2S. The largest absolute Gasteiger partial charge is 0.456 e. The van der Waals surface area contributed by atoms with E-state index in [-0.39, 0.29) is 0 Å². The third-order valence-electron chi connectivity index (χ3n) is 12.2. The molecule has 0 bridgehead atoms. The molecule has 0 fully saturated rings. The maximum absolute atomic E-state index is 7.11. The molecule has 10 aromatic rings. The highest BCUT2D eigenvalue weighted by atomic mass is 32.2. The molecule has 1 aliphatic carbocycles. The first-order valence-corrected chi connectivity index (χ1v) is 20.6. The van der Waals surface area contributed by atoms with Gasteiger partial charge in [0, 0.05) is 44.9 Å². The number of ether oxygens (including phenoxy) is 1. The predicted octanol–water partition coefficient (Wildman–Crippen LogP) is 14.1. The summed E-state index contributed by atoms with van der Waals surface area (Å²) in [5, 5.41) is 2.17. The molecule has 1 atom stereocenters. The minimum absolute atomic E-state index is 0.713. The zero-order chi connectivity index (χ0) is 38.7. The molecule has 0 radical (unpaired) electrons. The van der Waals surface area contributed by atoms with Crippen molar-refractivity contribution in [1.82, 2.24) is 9.97 Å². The number of rotatable bonds is 3. The molecule has 13 rings (SSSR count). The number of benzene rings is 7. The van der Waals surface area contributed by atoms with Crippen molar-refractivity contribution in [3.05, 3.63) is 211 Å². The van der Waals surface area contributed by atoms with Gasteiger partial charge in [-0.15, -0.1) is 0 Å². The molecule has 1 spiro atoms. The van der Waals surface area contributed by atoms with Gasteiger partial charge in [0.1, 0.15) is 11.2 Å². The van der Waals surface area contributed by atoms with Crippen LogP contribution in [-0.4, -0.2) is 9.97 Å². The number of nitrogens with zero attached hydrogens (tertiary/aromatic N) is 3. The van der Waals surface area contributed by atoms with Gasteiger partial charge in [-0.05, 0) is 94.0 Å². The van der Waals surface area contributed by atoms with E-state index in [4.69, 9.17) is 19.1 Å². The number of aromatic nitrogens is 2. The lowest BCUT2D eigenvalue weighted by Crippen LogP contribution is -2.32. The number of pyridine rings is 2. The summed E-state index contributed by atoms with van der Waals surface area (Å²) in [6, 6.07) is 62.3. The molecule has 0 saturated carbocycles. The van der Waals surface area contributed by atoms with Gasteiger partial charge in [-0.25, -0.2) is 0 Å². The first-order valence-electron chi connectivity index (χ1n) is 19.8. The normalized spacial score (nSPS) is 15.6. The number of hydrogen-bond donors (Lipinski definition) is 0. The number of fused-ring (bicyclic) bond motifs is 15. The molecule has 7 aromatic carbocycles. The van der Waals surface area contributed by atoms with E-state index in [1.54, 1.807) is 11.8 Å². The minimum atomic E-state index is -0.713. The fourth-order valence-electron chi connectivity index (χ4n) is 9.76. The van der Waals surface area contributed by atoms with E-state index >= 15 is 0 Å². The maximum atomic E-state index is 7.11. The zero-order valence-electron chi connectivity index (χ0n) is 31.5. The molecule has 3 aliphatic rings. The highest BCUT2D eigenvalue weighted by Crippen LogP contribution is 2.66. The van der Waals surface area contributed by atoms with Gasteiger partial charge in [0.05, 0.1) is 33.1 Å².